The van der Waals surface area contributed by atoms with Gasteiger partial charge in [0, 0.05) is 0 Å². The third-order valence-corrected chi connectivity index (χ3v) is 2.07. The lowest BCUT2D eigenvalue weighted by molar-refractivity contribution is 0.00682. The molecule has 0 spiro atoms. The van der Waals surface area contributed by atoms with Gasteiger partial charge in [0.15, 0.2) is 0 Å². The van der Waals surface area contributed by atoms with Crippen LogP contribution in [0, 0.1) is 5.92 Å². The first-order valence-corrected chi connectivity index (χ1v) is 3.61. The molecule has 0 saturated heterocycles. The monoisotopic (exact) mass is 125 g/mol. The van der Waals surface area contributed by atoms with Crippen LogP contribution in [-0.4, -0.2) is 6.10 Å². The Bertz CT molecular complexity index is 94.7. The molecule has 0 amide bonds. The maximum atomic E-state index is 11.0. The predicted octanol–water partition coefficient (Wildman–Crippen LogP) is 2.16. The summed E-state index contributed by atoms with van der Waals surface area (Å²) in [5.74, 6) is 0.475. The Morgan fingerprint density at radius 2 is 2.33 bits per heavy atom. The molecule has 51 valence electrons. The van der Waals surface area contributed by atoms with E-state index in [1.807, 2.05) is 0 Å². The quantitative estimate of drug-likeness (QED) is 0.515. The zero-order chi connectivity index (χ0) is 6.69. The summed E-state index contributed by atoms with van der Waals surface area (Å²) in [5.41, 5.74) is 0. The summed E-state index contributed by atoms with van der Waals surface area (Å²) in [4.78, 5) is 0. The summed E-state index contributed by atoms with van der Waals surface area (Å²) in [7, 11) is 0. The molecular weight excluding hydrogens is 112 g/mol. The van der Waals surface area contributed by atoms with Crippen LogP contribution in [0.2, 0.25) is 0 Å². The first-order chi connectivity index (χ1) is 4.34. The predicted molar refractivity (Wildman–Crippen MR) is 36.6 cm³/mol. The molecule has 0 aromatic carbocycles. The summed E-state index contributed by atoms with van der Waals surface area (Å²) < 4.78 is 0. The van der Waals surface area contributed by atoms with E-state index in [9.17, 15) is 5.11 Å². The van der Waals surface area contributed by atoms with E-state index >= 15 is 0 Å². The van der Waals surface area contributed by atoms with E-state index < -0.39 is 0 Å². The van der Waals surface area contributed by atoms with Crippen molar-refractivity contribution in [1.82, 2.24) is 0 Å². The highest BCUT2D eigenvalue weighted by Crippen LogP contribution is 2.30. The van der Waals surface area contributed by atoms with Crippen LogP contribution in [0.1, 0.15) is 25.7 Å². The second kappa shape index (κ2) is 3.02. The van der Waals surface area contributed by atoms with Gasteiger partial charge >= 0.3 is 0 Å². The highest BCUT2D eigenvalue weighted by Gasteiger charge is 2.25. The van der Waals surface area contributed by atoms with Crippen molar-refractivity contribution in [2.24, 2.45) is 5.92 Å². The van der Waals surface area contributed by atoms with E-state index in [1.165, 1.54) is 6.42 Å². The van der Waals surface area contributed by atoms with E-state index in [-0.39, 0.29) is 6.10 Å². The Morgan fingerprint density at radius 3 is 2.67 bits per heavy atom. The molecule has 1 fully saturated rings. The van der Waals surface area contributed by atoms with Crippen LogP contribution in [0.4, 0.5) is 0 Å². The van der Waals surface area contributed by atoms with Crippen molar-refractivity contribution in [3.05, 3.63) is 12.7 Å². The summed E-state index contributed by atoms with van der Waals surface area (Å²) in [5, 5.41) is 11.0. The number of hydrogen-bond donors (Lipinski definition) is 0. The van der Waals surface area contributed by atoms with Crippen molar-refractivity contribution >= 4 is 0 Å². The summed E-state index contributed by atoms with van der Waals surface area (Å²) in [6.07, 6.45) is 5.61. The van der Waals surface area contributed by atoms with Gasteiger partial charge in [-0.25, -0.2) is 5.11 Å². The highest BCUT2D eigenvalue weighted by molar-refractivity contribution is 4.82. The summed E-state index contributed by atoms with van der Waals surface area (Å²) >= 11 is 0. The molecule has 1 saturated carbocycles. The average Bonchev–Trinajstić information content (AvgIpc) is 1.60. The van der Waals surface area contributed by atoms with Crippen LogP contribution in [0.5, 0.6) is 0 Å². The van der Waals surface area contributed by atoms with Crippen LogP contribution in [0.3, 0.4) is 0 Å². The highest BCUT2D eigenvalue weighted by atomic mass is 16.3. The van der Waals surface area contributed by atoms with Gasteiger partial charge in [0.05, 0.1) is 6.10 Å². The Balaban J connectivity index is 2.15. The molecule has 0 bridgehead atoms. The molecule has 0 N–H and O–H groups in total. The van der Waals surface area contributed by atoms with Crippen molar-refractivity contribution in [2.75, 3.05) is 0 Å². The van der Waals surface area contributed by atoms with Gasteiger partial charge in [-0.05, 0) is 25.2 Å². The molecule has 0 aromatic rings. The Kier molecular flexibility index (Phi) is 2.29. The minimum absolute atomic E-state index is 0.351. The van der Waals surface area contributed by atoms with Crippen molar-refractivity contribution in [3.63, 3.8) is 0 Å². The normalized spacial score (nSPS) is 22.8. The van der Waals surface area contributed by atoms with Gasteiger partial charge < -0.3 is 0 Å². The molecule has 0 unspecified atom stereocenters. The van der Waals surface area contributed by atoms with E-state index in [0.717, 1.165) is 12.8 Å². The molecule has 1 aliphatic carbocycles. The van der Waals surface area contributed by atoms with Crippen LogP contribution in [0.25, 0.3) is 0 Å². The third-order valence-electron chi connectivity index (χ3n) is 2.07. The molecule has 1 nitrogen and oxygen atoms in total. The second-order valence-electron chi connectivity index (χ2n) is 2.75. The van der Waals surface area contributed by atoms with Crippen molar-refractivity contribution in [3.8, 4) is 0 Å². The Hall–Kier alpha value is -0.300. The average molecular weight is 125 g/mol. The van der Waals surface area contributed by atoms with E-state index in [1.54, 1.807) is 6.08 Å². The molecular formula is C8H13O. The molecule has 0 heterocycles. The van der Waals surface area contributed by atoms with Crippen molar-refractivity contribution < 1.29 is 5.11 Å². The maximum Gasteiger partial charge on any atom is 0.0992 e. The number of rotatable bonds is 3. The van der Waals surface area contributed by atoms with Crippen LogP contribution in [-0.2, 0) is 5.11 Å². The van der Waals surface area contributed by atoms with Gasteiger partial charge in [-0.1, -0.05) is 12.5 Å². The maximum absolute atomic E-state index is 11.0. The largest absolute Gasteiger partial charge is 0.232 e. The zero-order valence-electron chi connectivity index (χ0n) is 5.68. The SMILES string of the molecule is C=CC[C@H]([O])C1CCC1. The van der Waals surface area contributed by atoms with Crippen LogP contribution >= 0.6 is 0 Å². The lowest BCUT2D eigenvalue weighted by atomic mass is 9.80. The van der Waals surface area contributed by atoms with Crippen molar-refractivity contribution in [1.29, 1.82) is 0 Å². The summed E-state index contributed by atoms with van der Waals surface area (Å²) in [6, 6.07) is 0. The molecule has 1 heteroatoms. The lowest BCUT2D eigenvalue weighted by Gasteiger charge is -2.27. The molecule has 9 heavy (non-hydrogen) atoms. The van der Waals surface area contributed by atoms with Gasteiger partial charge in [-0.15, -0.1) is 6.58 Å². The Labute approximate surface area is 56.4 Å². The van der Waals surface area contributed by atoms with Gasteiger partial charge in [-0.2, -0.15) is 0 Å². The molecule has 0 aliphatic heterocycles. The van der Waals surface area contributed by atoms with Crippen LogP contribution < -0.4 is 0 Å². The Morgan fingerprint density at radius 1 is 1.67 bits per heavy atom. The van der Waals surface area contributed by atoms with Gasteiger partial charge in [0.2, 0.25) is 0 Å². The van der Waals surface area contributed by atoms with Crippen molar-refractivity contribution in [2.45, 2.75) is 31.8 Å². The smallest absolute Gasteiger partial charge is 0.0992 e. The van der Waals surface area contributed by atoms with E-state index in [4.69, 9.17) is 0 Å². The van der Waals surface area contributed by atoms with Gasteiger partial charge in [-0.3, -0.25) is 0 Å². The fourth-order valence-electron chi connectivity index (χ4n) is 1.17. The van der Waals surface area contributed by atoms with Crippen LogP contribution in [0.15, 0.2) is 12.7 Å². The van der Waals surface area contributed by atoms with E-state index in [2.05, 4.69) is 6.58 Å². The number of hydrogen-bond acceptors (Lipinski definition) is 0. The fraction of sp³-hybridized carbons (Fsp3) is 0.750. The minimum Gasteiger partial charge on any atom is -0.232 e. The minimum atomic E-state index is -0.351. The molecule has 1 radical (unpaired) electrons. The zero-order valence-corrected chi connectivity index (χ0v) is 5.68. The lowest BCUT2D eigenvalue weighted by Crippen LogP contribution is -2.24. The first kappa shape index (κ1) is 6.81. The first-order valence-electron chi connectivity index (χ1n) is 3.61. The third kappa shape index (κ3) is 1.55. The standard InChI is InChI=1S/C8H13O/c1-2-4-8(9)7-5-3-6-7/h2,7-8H,1,3-6H2/t8-/m0/s1. The van der Waals surface area contributed by atoms with E-state index in [0.29, 0.717) is 12.3 Å². The van der Waals surface area contributed by atoms with Gasteiger partial charge in [0.25, 0.3) is 0 Å². The van der Waals surface area contributed by atoms with Gasteiger partial charge in [0.1, 0.15) is 0 Å². The molecule has 1 rings (SSSR count). The second-order valence-corrected chi connectivity index (χ2v) is 2.75. The fourth-order valence-corrected chi connectivity index (χ4v) is 1.17. The molecule has 0 aromatic heterocycles. The molecule has 1 aliphatic rings. The molecule has 1 atom stereocenters. The topological polar surface area (TPSA) is 19.9 Å². The summed E-state index contributed by atoms with van der Waals surface area (Å²) in [6.45, 7) is 3.54.